The SMILES string of the molecule is COc1cccc(C(=O)CCCN=[N+]=[N-])c1. The first kappa shape index (κ1) is 12.1. The standard InChI is InChI=1S/C11H13N3O2/c1-16-10-5-2-4-9(8-10)11(15)6-3-7-13-14-12/h2,4-5,8H,3,6-7H2,1H3. The van der Waals surface area contributed by atoms with Gasteiger partial charge in [0.25, 0.3) is 0 Å². The lowest BCUT2D eigenvalue weighted by Gasteiger charge is -2.02. The van der Waals surface area contributed by atoms with Gasteiger partial charge in [0.05, 0.1) is 7.11 Å². The van der Waals surface area contributed by atoms with E-state index in [1.807, 2.05) is 0 Å². The van der Waals surface area contributed by atoms with Gasteiger partial charge in [-0.3, -0.25) is 4.79 Å². The molecule has 0 radical (unpaired) electrons. The summed E-state index contributed by atoms with van der Waals surface area (Å²) >= 11 is 0. The highest BCUT2D eigenvalue weighted by Gasteiger charge is 2.05. The molecule has 84 valence electrons. The van der Waals surface area contributed by atoms with Crippen molar-refractivity contribution in [2.75, 3.05) is 13.7 Å². The van der Waals surface area contributed by atoms with Gasteiger partial charge in [0.1, 0.15) is 5.75 Å². The van der Waals surface area contributed by atoms with E-state index in [4.69, 9.17) is 10.3 Å². The fraction of sp³-hybridized carbons (Fsp3) is 0.364. The minimum Gasteiger partial charge on any atom is -0.497 e. The number of nitrogens with zero attached hydrogens (tertiary/aromatic N) is 3. The van der Waals surface area contributed by atoms with Crippen molar-refractivity contribution in [2.45, 2.75) is 12.8 Å². The number of hydrogen-bond donors (Lipinski definition) is 0. The maximum absolute atomic E-state index is 11.7. The average Bonchev–Trinajstić information content (AvgIpc) is 2.34. The Hall–Kier alpha value is -2.00. The number of methoxy groups -OCH3 is 1. The van der Waals surface area contributed by atoms with Crippen LogP contribution < -0.4 is 4.74 Å². The van der Waals surface area contributed by atoms with Crippen molar-refractivity contribution >= 4 is 5.78 Å². The lowest BCUT2D eigenvalue weighted by atomic mass is 10.1. The van der Waals surface area contributed by atoms with E-state index in [2.05, 4.69) is 10.0 Å². The molecule has 0 spiro atoms. The third-order valence-corrected chi connectivity index (χ3v) is 2.12. The largest absolute Gasteiger partial charge is 0.497 e. The van der Waals surface area contributed by atoms with Gasteiger partial charge in [0.2, 0.25) is 0 Å². The lowest BCUT2D eigenvalue weighted by Crippen LogP contribution is -2.00. The third kappa shape index (κ3) is 3.63. The van der Waals surface area contributed by atoms with Gasteiger partial charge < -0.3 is 4.74 Å². The zero-order chi connectivity index (χ0) is 11.8. The van der Waals surface area contributed by atoms with Crippen molar-refractivity contribution in [3.63, 3.8) is 0 Å². The summed E-state index contributed by atoms with van der Waals surface area (Å²) in [6.07, 6.45) is 0.951. The lowest BCUT2D eigenvalue weighted by molar-refractivity contribution is 0.0980. The molecule has 0 aliphatic rings. The van der Waals surface area contributed by atoms with Gasteiger partial charge in [-0.05, 0) is 24.1 Å². The summed E-state index contributed by atoms with van der Waals surface area (Å²) in [5, 5.41) is 3.37. The maximum atomic E-state index is 11.7. The molecule has 1 aromatic rings. The van der Waals surface area contributed by atoms with Gasteiger partial charge in [0.15, 0.2) is 5.78 Å². The number of ketones is 1. The molecule has 0 N–H and O–H groups in total. The number of ether oxygens (including phenoxy) is 1. The van der Waals surface area contributed by atoms with Crippen LogP contribution in [0.25, 0.3) is 10.4 Å². The highest BCUT2D eigenvalue weighted by Crippen LogP contribution is 2.14. The molecule has 16 heavy (non-hydrogen) atoms. The van der Waals surface area contributed by atoms with Gasteiger partial charge >= 0.3 is 0 Å². The Morgan fingerprint density at radius 1 is 1.56 bits per heavy atom. The summed E-state index contributed by atoms with van der Waals surface area (Å²) in [6, 6.07) is 7.02. The minimum absolute atomic E-state index is 0.0343. The topological polar surface area (TPSA) is 75.1 Å². The summed E-state index contributed by atoms with van der Waals surface area (Å²) in [7, 11) is 1.56. The van der Waals surface area contributed by atoms with Gasteiger partial charge in [-0.1, -0.05) is 17.2 Å². The summed E-state index contributed by atoms with van der Waals surface area (Å²) in [5.74, 6) is 0.702. The molecule has 0 saturated heterocycles. The first-order valence-electron chi connectivity index (χ1n) is 4.96. The van der Waals surface area contributed by atoms with E-state index in [0.29, 0.717) is 30.7 Å². The monoisotopic (exact) mass is 219 g/mol. The molecule has 5 heteroatoms. The van der Waals surface area contributed by atoms with Crippen molar-refractivity contribution in [1.29, 1.82) is 0 Å². The van der Waals surface area contributed by atoms with E-state index in [1.54, 1.807) is 31.4 Å². The predicted molar refractivity (Wildman–Crippen MR) is 60.6 cm³/mol. The van der Waals surface area contributed by atoms with E-state index < -0.39 is 0 Å². The van der Waals surface area contributed by atoms with Crippen LogP contribution in [-0.2, 0) is 0 Å². The summed E-state index contributed by atoms with van der Waals surface area (Å²) < 4.78 is 5.03. The summed E-state index contributed by atoms with van der Waals surface area (Å²) in [5.41, 5.74) is 8.70. The van der Waals surface area contributed by atoms with Crippen molar-refractivity contribution in [3.05, 3.63) is 40.3 Å². The Morgan fingerprint density at radius 2 is 2.38 bits per heavy atom. The Kier molecular flexibility index (Phi) is 4.89. The first-order chi connectivity index (χ1) is 7.77. The molecule has 0 saturated carbocycles. The smallest absolute Gasteiger partial charge is 0.163 e. The van der Waals surface area contributed by atoms with Crippen LogP contribution in [0.5, 0.6) is 5.75 Å². The molecule has 0 amide bonds. The number of benzene rings is 1. The molecule has 0 atom stereocenters. The molecule has 0 aliphatic heterocycles. The highest BCUT2D eigenvalue weighted by molar-refractivity contribution is 5.96. The van der Waals surface area contributed by atoms with Crippen LogP contribution in [0.4, 0.5) is 0 Å². The molecule has 0 fully saturated rings. The van der Waals surface area contributed by atoms with Crippen LogP contribution in [0.1, 0.15) is 23.2 Å². The predicted octanol–water partition coefficient (Wildman–Crippen LogP) is 2.97. The van der Waals surface area contributed by atoms with Crippen LogP contribution in [-0.4, -0.2) is 19.4 Å². The molecule has 0 aliphatic carbocycles. The average molecular weight is 219 g/mol. The van der Waals surface area contributed by atoms with E-state index in [1.165, 1.54) is 0 Å². The van der Waals surface area contributed by atoms with E-state index in [-0.39, 0.29) is 5.78 Å². The van der Waals surface area contributed by atoms with Crippen LogP contribution >= 0.6 is 0 Å². The number of carbonyl (C=O) groups excluding carboxylic acids is 1. The van der Waals surface area contributed by atoms with Crippen molar-refractivity contribution < 1.29 is 9.53 Å². The second-order valence-electron chi connectivity index (χ2n) is 3.21. The zero-order valence-electron chi connectivity index (χ0n) is 9.09. The number of Topliss-reactive ketones (excluding diaryl/α,β-unsaturated/α-hetero) is 1. The van der Waals surface area contributed by atoms with Crippen molar-refractivity contribution in [1.82, 2.24) is 0 Å². The van der Waals surface area contributed by atoms with Gasteiger partial charge in [-0.25, -0.2) is 0 Å². The number of carbonyl (C=O) groups is 1. The Bertz CT molecular complexity index is 411. The van der Waals surface area contributed by atoms with Crippen molar-refractivity contribution in [3.8, 4) is 5.75 Å². The minimum atomic E-state index is 0.0343. The molecular formula is C11H13N3O2. The van der Waals surface area contributed by atoms with Gasteiger partial charge in [-0.15, -0.1) is 0 Å². The second-order valence-corrected chi connectivity index (χ2v) is 3.21. The van der Waals surface area contributed by atoms with Crippen LogP contribution in [0.3, 0.4) is 0 Å². The van der Waals surface area contributed by atoms with Crippen LogP contribution in [0, 0.1) is 0 Å². The molecule has 0 aromatic heterocycles. The molecular weight excluding hydrogens is 206 g/mol. The van der Waals surface area contributed by atoms with E-state index in [9.17, 15) is 4.79 Å². The van der Waals surface area contributed by atoms with Crippen LogP contribution in [0.15, 0.2) is 29.4 Å². The fourth-order valence-electron chi connectivity index (χ4n) is 1.30. The van der Waals surface area contributed by atoms with Gasteiger partial charge in [-0.2, -0.15) is 0 Å². The Labute approximate surface area is 93.7 Å². The number of azide groups is 1. The van der Waals surface area contributed by atoms with E-state index >= 15 is 0 Å². The fourth-order valence-corrected chi connectivity index (χ4v) is 1.30. The zero-order valence-corrected chi connectivity index (χ0v) is 9.09. The van der Waals surface area contributed by atoms with E-state index in [0.717, 1.165) is 0 Å². The summed E-state index contributed by atoms with van der Waals surface area (Å²) in [6.45, 7) is 0.353. The Balaban J connectivity index is 2.55. The third-order valence-electron chi connectivity index (χ3n) is 2.12. The van der Waals surface area contributed by atoms with Crippen LogP contribution in [0.2, 0.25) is 0 Å². The normalized spacial score (nSPS) is 9.31. The molecule has 5 nitrogen and oxygen atoms in total. The highest BCUT2D eigenvalue weighted by atomic mass is 16.5. The molecule has 0 unspecified atom stereocenters. The van der Waals surface area contributed by atoms with Gasteiger partial charge in [0, 0.05) is 23.4 Å². The van der Waals surface area contributed by atoms with Crippen molar-refractivity contribution in [2.24, 2.45) is 5.11 Å². The first-order valence-corrected chi connectivity index (χ1v) is 4.96. The number of rotatable bonds is 6. The Morgan fingerprint density at radius 3 is 3.06 bits per heavy atom. The number of hydrogen-bond acceptors (Lipinski definition) is 3. The molecule has 1 rings (SSSR count). The second kappa shape index (κ2) is 6.48. The quantitative estimate of drug-likeness (QED) is 0.242. The molecule has 0 bridgehead atoms. The molecule has 1 aromatic carbocycles. The maximum Gasteiger partial charge on any atom is 0.163 e. The summed E-state index contributed by atoms with van der Waals surface area (Å²) in [4.78, 5) is 14.3. The molecule has 0 heterocycles.